The summed E-state index contributed by atoms with van der Waals surface area (Å²) in [5.74, 6) is 1.10. The summed E-state index contributed by atoms with van der Waals surface area (Å²) in [6, 6.07) is 12.1. The Kier molecular flexibility index (Phi) is 4.65. The summed E-state index contributed by atoms with van der Waals surface area (Å²) in [7, 11) is 0. The summed E-state index contributed by atoms with van der Waals surface area (Å²) >= 11 is 0. The van der Waals surface area contributed by atoms with E-state index in [-0.39, 0.29) is 11.8 Å². The number of benzene rings is 1. The molecule has 0 radical (unpaired) electrons. The Hall–Kier alpha value is -2.40. The third-order valence-corrected chi connectivity index (χ3v) is 5.04. The standard InChI is InChI=1S/C20H23N3O2/c24-20(18-12-17-5-1-2-6-19(17)25-15-18)23-10-8-22(9-11-23)14-16-4-3-7-21-13-16/h1-7,13,18H,8-12,14-15H2. The second kappa shape index (κ2) is 7.23. The van der Waals surface area contributed by atoms with Crippen LogP contribution in [-0.2, 0) is 17.8 Å². The van der Waals surface area contributed by atoms with Gasteiger partial charge in [-0.1, -0.05) is 24.3 Å². The van der Waals surface area contributed by atoms with Crippen molar-refractivity contribution in [3.63, 3.8) is 0 Å². The van der Waals surface area contributed by atoms with Crippen LogP contribution in [0.15, 0.2) is 48.8 Å². The van der Waals surface area contributed by atoms with Crippen molar-refractivity contribution in [1.82, 2.24) is 14.8 Å². The van der Waals surface area contributed by atoms with E-state index >= 15 is 0 Å². The number of fused-ring (bicyclic) bond motifs is 1. The Bertz CT molecular complexity index is 727. The molecule has 0 aliphatic carbocycles. The van der Waals surface area contributed by atoms with E-state index in [1.54, 1.807) is 6.20 Å². The summed E-state index contributed by atoms with van der Waals surface area (Å²) in [5.41, 5.74) is 2.36. The smallest absolute Gasteiger partial charge is 0.229 e. The number of para-hydroxylation sites is 1. The summed E-state index contributed by atoms with van der Waals surface area (Å²) in [5, 5.41) is 0. The van der Waals surface area contributed by atoms with Crippen LogP contribution < -0.4 is 4.74 Å². The minimum atomic E-state index is -0.0558. The van der Waals surface area contributed by atoms with Gasteiger partial charge < -0.3 is 9.64 Å². The molecule has 1 atom stereocenters. The lowest BCUT2D eigenvalue weighted by atomic mass is 9.95. The molecule has 0 saturated carbocycles. The maximum atomic E-state index is 12.8. The van der Waals surface area contributed by atoms with Gasteiger partial charge in [0.15, 0.2) is 0 Å². The topological polar surface area (TPSA) is 45.7 Å². The maximum absolute atomic E-state index is 12.8. The number of carbonyl (C=O) groups excluding carboxylic acids is 1. The van der Waals surface area contributed by atoms with Crippen LogP contribution in [-0.4, -0.2) is 53.5 Å². The van der Waals surface area contributed by atoms with Gasteiger partial charge in [-0.15, -0.1) is 0 Å². The molecule has 4 rings (SSSR count). The number of ether oxygens (including phenoxy) is 1. The second-order valence-corrected chi connectivity index (χ2v) is 6.78. The fraction of sp³-hybridized carbons (Fsp3) is 0.400. The first kappa shape index (κ1) is 16.1. The third kappa shape index (κ3) is 3.66. The summed E-state index contributed by atoms with van der Waals surface area (Å²) in [4.78, 5) is 21.4. The fourth-order valence-electron chi connectivity index (χ4n) is 3.62. The van der Waals surface area contributed by atoms with Crippen LogP contribution in [0, 0.1) is 5.92 Å². The monoisotopic (exact) mass is 337 g/mol. The Morgan fingerprint density at radius 2 is 1.96 bits per heavy atom. The first-order valence-corrected chi connectivity index (χ1v) is 8.90. The highest BCUT2D eigenvalue weighted by Gasteiger charge is 2.31. The van der Waals surface area contributed by atoms with Crippen LogP contribution in [0.3, 0.4) is 0 Å². The quantitative estimate of drug-likeness (QED) is 0.859. The van der Waals surface area contributed by atoms with Crippen molar-refractivity contribution in [1.29, 1.82) is 0 Å². The van der Waals surface area contributed by atoms with Crippen molar-refractivity contribution < 1.29 is 9.53 Å². The van der Waals surface area contributed by atoms with Gasteiger partial charge in [-0.3, -0.25) is 14.7 Å². The Balaban J connectivity index is 1.31. The van der Waals surface area contributed by atoms with Crippen molar-refractivity contribution in [3.8, 4) is 5.75 Å². The molecule has 0 N–H and O–H groups in total. The molecular weight excluding hydrogens is 314 g/mol. The van der Waals surface area contributed by atoms with Crippen LogP contribution in [0.2, 0.25) is 0 Å². The van der Waals surface area contributed by atoms with Gasteiger partial charge in [-0.05, 0) is 29.7 Å². The molecule has 1 aromatic carbocycles. The average molecular weight is 337 g/mol. The SMILES string of the molecule is O=C(C1COc2ccccc2C1)N1CCN(Cc2cccnc2)CC1. The van der Waals surface area contributed by atoms with Gasteiger partial charge in [0, 0.05) is 45.1 Å². The minimum Gasteiger partial charge on any atom is -0.492 e. The van der Waals surface area contributed by atoms with Gasteiger partial charge >= 0.3 is 0 Å². The van der Waals surface area contributed by atoms with E-state index in [0.717, 1.165) is 50.5 Å². The van der Waals surface area contributed by atoms with Gasteiger partial charge in [0.05, 0.1) is 5.92 Å². The molecule has 5 heteroatoms. The number of aromatic nitrogens is 1. The van der Waals surface area contributed by atoms with Crippen LogP contribution in [0.5, 0.6) is 5.75 Å². The molecule has 0 bridgehead atoms. The predicted octanol–water partition coefficient (Wildman–Crippen LogP) is 1.98. The van der Waals surface area contributed by atoms with Crippen molar-refractivity contribution >= 4 is 5.91 Å². The number of piperazine rings is 1. The fourth-order valence-corrected chi connectivity index (χ4v) is 3.62. The Morgan fingerprint density at radius 1 is 1.12 bits per heavy atom. The normalized spacial score (nSPS) is 20.6. The minimum absolute atomic E-state index is 0.0558. The maximum Gasteiger partial charge on any atom is 0.229 e. The lowest BCUT2D eigenvalue weighted by molar-refractivity contribution is -0.138. The molecule has 1 fully saturated rings. The molecular formula is C20H23N3O2. The van der Waals surface area contributed by atoms with Gasteiger partial charge in [0.2, 0.25) is 5.91 Å². The molecule has 1 saturated heterocycles. The highest BCUT2D eigenvalue weighted by atomic mass is 16.5. The Morgan fingerprint density at radius 3 is 2.76 bits per heavy atom. The van der Waals surface area contributed by atoms with E-state index in [1.165, 1.54) is 5.56 Å². The van der Waals surface area contributed by atoms with Crippen LogP contribution in [0.4, 0.5) is 0 Å². The first-order chi connectivity index (χ1) is 12.3. The molecule has 25 heavy (non-hydrogen) atoms. The highest BCUT2D eigenvalue weighted by molar-refractivity contribution is 5.80. The van der Waals surface area contributed by atoms with Crippen molar-refractivity contribution in [2.45, 2.75) is 13.0 Å². The average Bonchev–Trinajstić information content (AvgIpc) is 2.68. The van der Waals surface area contributed by atoms with E-state index in [9.17, 15) is 4.79 Å². The largest absolute Gasteiger partial charge is 0.492 e. The van der Waals surface area contributed by atoms with Gasteiger partial charge in [0.25, 0.3) is 0 Å². The second-order valence-electron chi connectivity index (χ2n) is 6.78. The van der Waals surface area contributed by atoms with Gasteiger partial charge in [-0.2, -0.15) is 0 Å². The number of nitrogens with zero attached hydrogens (tertiary/aromatic N) is 3. The lowest BCUT2D eigenvalue weighted by Gasteiger charge is -2.37. The Labute approximate surface area is 148 Å². The third-order valence-electron chi connectivity index (χ3n) is 5.04. The van der Waals surface area contributed by atoms with Crippen LogP contribution >= 0.6 is 0 Å². The molecule has 2 aliphatic heterocycles. The van der Waals surface area contributed by atoms with Crippen molar-refractivity contribution in [3.05, 3.63) is 59.9 Å². The summed E-state index contributed by atoms with van der Waals surface area (Å²) in [6.07, 6.45) is 4.49. The number of carbonyl (C=O) groups is 1. The van der Waals surface area contributed by atoms with E-state index in [1.807, 2.05) is 35.4 Å². The van der Waals surface area contributed by atoms with E-state index < -0.39 is 0 Å². The summed E-state index contributed by atoms with van der Waals surface area (Å²) in [6.45, 7) is 4.78. The molecule has 3 heterocycles. The molecule has 1 aromatic heterocycles. The van der Waals surface area contributed by atoms with Crippen molar-refractivity contribution in [2.75, 3.05) is 32.8 Å². The predicted molar refractivity (Wildman–Crippen MR) is 95.2 cm³/mol. The zero-order valence-electron chi connectivity index (χ0n) is 14.3. The number of hydrogen-bond acceptors (Lipinski definition) is 4. The van der Waals surface area contributed by atoms with Gasteiger partial charge in [-0.25, -0.2) is 0 Å². The van der Waals surface area contributed by atoms with E-state index in [2.05, 4.69) is 22.0 Å². The summed E-state index contributed by atoms with van der Waals surface area (Å²) < 4.78 is 5.78. The van der Waals surface area contributed by atoms with Crippen molar-refractivity contribution in [2.24, 2.45) is 5.92 Å². The number of pyridine rings is 1. The number of amides is 1. The number of hydrogen-bond donors (Lipinski definition) is 0. The highest BCUT2D eigenvalue weighted by Crippen LogP contribution is 2.28. The molecule has 0 spiro atoms. The molecule has 130 valence electrons. The van der Waals surface area contributed by atoms with E-state index in [0.29, 0.717) is 6.61 Å². The molecule has 2 aliphatic rings. The van der Waals surface area contributed by atoms with Crippen LogP contribution in [0.1, 0.15) is 11.1 Å². The zero-order valence-corrected chi connectivity index (χ0v) is 14.3. The first-order valence-electron chi connectivity index (χ1n) is 8.90. The van der Waals surface area contributed by atoms with Crippen LogP contribution in [0.25, 0.3) is 0 Å². The van der Waals surface area contributed by atoms with E-state index in [4.69, 9.17) is 4.74 Å². The molecule has 5 nitrogen and oxygen atoms in total. The lowest BCUT2D eigenvalue weighted by Crippen LogP contribution is -2.51. The zero-order chi connectivity index (χ0) is 17.1. The molecule has 2 aromatic rings. The number of rotatable bonds is 3. The van der Waals surface area contributed by atoms with Gasteiger partial charge in [0.1, 0.15) is 12.4 Å². The molecule has 1 unspecified atom stereocenters. The molecule has 1 amide bonds.